The Morgan fingerprint density at radius 1 is 1.56 bits per heavy atom. The summed E-state index contributed by atoms with van der Waals surface area (Å²) in [4.78, 5) is 13.4. The van der Waals surface area contributed by atoms with Crippen molar-refractivity contribution in [3.63, 3.8) is 0 Å². The third kappa shape index (κ3) is 2.10. The first-order valence-electron chi connectivity index (χ1n) is 4.98. The van der Waals surface area contributed by atoms with Crippen LogP contribution in [-0.4, -0.2) is 45.3 Å². The van der Waals surface area contributed by atoms with E-state index in [-0.39, 0.29) is 11.6 Å². The van der Waals surface area contributed by atoms with E-state index in [1.54, 1.807) is 17.0 Å². The molecule has 0 bridgehead atoms. The number of hydrogen-bond acceptors (Lipinski definition) is 6. The zero-order chi connectivity index (χ0) is 11.5. The van der Waals surface area contributed by atoms with Gasteiger partial charge in [0, 0.05) is 13.1 Å². The van der Waals surface area contributed by atoms with E-state index < -0.39 is 6.10 Å². The van der Waals surface area contributed by atoms with Crippen LogP contribution in [0.5, 0.6) is 0 Å². The van der Waals surface area contributed by atoms with Crippen LogP contribution in [0.3, 0.4) is 0 Å². The highest BCUT2D eigenvalue weighted by Crippen LogP contribution is 2.12. The van der Waals surface area contributed by atoms with Crippen molar-refractivity contribution < 1.29 is 9.90 Å². The topological polar surface area (TPSA) is 104 Å². The number of likely N-dealkylation sites (tertiary alicyclic amines) is 1. The fourth-order valence-electron chi connectivity index (χ4n) is 1.61. The molecule has 0 spiro atoms. The number of β-amino-alcohol motifs (C(OH)–C–C–N with tert-alkyl or cyclic N) is 1. The van der Waals surface area contributed by atoms with Gasteiger partial charge in [-0.05, 0) is 18.6 Å². The molecule has 86 valence electrons. The highest BCUT2D eigenvalue weighted by atomic mass is 16.3. The van der Waals surface area contributed by atoms with Crippen LogP contribution >= 0.6 is 0 Å². The summed E-state index contributed by atoms with van der Waals surface area (Å²) in [5, 5.41) is 16.8. The highest BCUT2D eigenvalue weighted by molar-refractivity contribution is 5.92. The third-order valence-corrected chi connectivity index (χ3v) is 2.48. The fourth-order valence-corrected chi connectivity index (χ4v) is 1.61. The number of nitrogens with one attached hydrogen (secondary N) is 1. The van der Waals surface area contributed by atoms with E-state index in [4.69, 9.17) is 5.84 Å². The number of anilines is 1. The van der Waals surface area contributed by atoms with Crippen LogP contribution in [-0.2, 0) is 0 Å². The van der Waals surface area contributed by atoms with Crippen molar-refractivity contribution in [1.82, 2.24) is 15.1 Å². The van der Waals surface area contributed by atoms with Crippen LogP contribution < -0.4 is 11.3 Å². The van der Waals surface area contributed by atoms with Crippen LogP contribution in [0, 0.1) is 0 Å². The number of aliphatic hydroxyl groups is 1. The van der Waals surface area contributed by atoms with E-state index in [2.05, 4.69) is 15.6 Å². The number of hydrogen-bond donors (Lipinski definition) is 3. The van der Waals surface area contributed by atoms with Gasteiger partial charge in [0.25, 0.3) is 5.91 Å². The smallest absolute Gasteiger partial charge is 0.274 e. The molecule has 0 radical (unpaired) electrons. The number of carbonyl (C=O) groups is 1. The molecule has 16 heavy (non-hydrogen) atoms. The first kappa shape index (κ1) is 10.8. The Morgan fingerprint density at radius 2 is 2.38 bits per heavy atom. The number of nitrogen functional groups attached to an aromatic ring is 1. The number of aliphatic hydroxyl groups excluding tert-OH is 1. The van der Waals surface area contributed by atoms with E-state index in [0.717, 1.165) is 0 Å². The predicted octanol–water partition coefficient (Wildman–Crippen LogP) is -1.03. The maximum Gasteiger partial charge on any atom is 0.274 e. The van der Waals surface area contributed by atoms with E-state index in [1.165, 1.54) is 0 Å². The number of hydrazine groups is 1. The van der Waals surface area contributed by atoms with E-state index in [9.17, 15) is 9.90 Å². The first-order valence-corrected chi connectivity index (χ1v) is 4.98. The molecule has 7 nitrogen and oxygen atoms in total. The number of nitrogens with zero attached hydrogens (tertiary/aromatic N) is 3. The van der Waals surface area contributed by atoms with Gasteiger partial charge in [0.2, 0.25) is 0 Å². The van der Waals surface area contributed by atoms with Crippen molar-refractivity contribution in [2.75, 3.05) is 18.5 Å². The van der Waals surface area contributed by atoms with E-state index in [1.807, 2.05) is 0 Å². The molecule has 2 rings (SSSR count). The maximum atomic E-state index is 11.9. The van der Waals surface area contributed by atoms with Gasteiger partial charge in [-0.2, -0.15) is 0 Å². The van der Waals surface area contributed by atoms with Crippen molar-refractivity contribution in [2.24, 2.45) is 5.84 Å². The van der Waals surface area contributed by atoms with Gasteiger partial charge in [-0.1, -0.05) is 0 Å². The number of carbonyl (C=O) groups excluding carboxylic acids is 1. The Labute approximate surface area is 92.2 Å². The molecule has 2 heterocycles. The minimum Gasteiger partial charge on any atom is -0.391 e. The molecule has 0 aliphatic carbocycles. The standard InChI is InChI=1S/C9H13N5O2/c10-11-8-2-1-7(12-13-8)9(16)14-4-3-6(15)5-14/h1-2,6,15H,3-5,10H2,(H,11,13). The van der Waals surface area contributed by atoms with Crippen LogP contribution in [0.25, 0.3) is 0 Å². The largest absolute Gasteiger partial charge is 0.391 e. The van der Waals surface area contributed by atoms with Crippen molar-refractivity contribution in [2.45, 2.75) is 12.5 Å². The van der Waals surface area contributed by atoms with Gasteiger partial charge < -0.3 is 15.4 Å². The summed E-state index contributed by atoms with van der Waals surface area (Å²) in [6, 6.07) is 3.13. The van der Waals surface area contributed by atoms with Gasteiger partial charge >= 0.3 is 0 Å². The van der Waals surface area contributed by atoms with Gasteiger partial charge in [-0.3, -0.25) is 4.79 Å². The molecule has 1 aliphatic heterocycles. The molecule has 1 aromatic heterocycles. The molecule has 1 atom stereocenters. The lowest BCUT2D eigenvalue weighted by atomic mass is 10.3. The lowest BCUT2D eigenvalue weighted by Crippen LogP contribution is -2.30. The lowest BCUT2D eigenvalue weighted by molar-refractivity contribution is 0.0758. The summed E-state index contributed by atoms with van der Waals surface area (Å²) < 4.78 is 0. The van der Waals surface area contributed by atoms with E-state index in [0.29, 0.717) is 25.3 Å². The zero-order valence-corrected chi connectivity index (χ0v) is 8.63. The first-order chi connectivity index (χ1) is 7.70. The molecule has 1 saturated heterocycles. The van der Waals surface area contributed by atoms with Gasteiger partial charge in [0.15, 0.2) is 11.5 Å². The maximum absolute atomic E-state index is 11.9. The van der Waals surface area contributed by atoms with Crippen molar-refractivity contribution in [3.8, 4) is 0 Å². The number of aromatic nitrogens is 2. The summed E-state index contributed by atoms with van der Waals surface area (Å²) in [5.41, 5.74) is 2.59. The molecular formula is C9H13N5O2. The average molecular weight is 223 g/mol. The molecule has 7 heteroatoms. The van der Waals surface area contributed by atoms with Gasteiger partial charge in [0.05, 0.1) is 6.10 Å². The average Bonchev–Trinajstić information content (AvgIpc) is 2.75. The number of rotatable bonds is 2. The molecule has 1 aromatic rings. The van der Waals surface area contributed by atoms with Crippen molar-refractivity contribution >= 4 is 11.7 Å². The van der Waals surface area contributed by atoms with Crippen LogP contribution in [0.1, 0.15) is 16.9 Å². The number of nitrogens with two attached hydrogens (primary N) is 1. The highest BCUT2D eigenvalue weighted by Gasteiger charge is 2.26. The second-order valence-electron chi connectivity index (χ2n) is 3.64. The molecule has 1 amide bonds. The Morgan fingerprint density at radius 3 is 2.88 bits per heavy atom. The van der Waals surface area contributed by atoms with Crippen molar-refractivity contribution in [3.05, 3.63) is 17.8 Å². The second kappa shape index (κ2) is 4.42. The van der Waals surface area contributed by atoms with Gasteiger partial charge in [0.1, 0.15) is 0 Å². The Bertz CT molecular complexity index is 380. The number of amides is 1. The lowest BCUT2D eigenvalue weighted by Gasteiger charge is -2.14. The summed E-state index contributed by atoms with van der Waals surface area (Å²) in [6.45, 7) is 0.913. The third-order valence-electron chi connectivity index (χ3n) is 2.48. The summed E-state index contributed by atoms with van der Waals surface area (Å²) in [6.07, 6.45) is 0.184. The summed E-state index contributed by atoms with van der Waals surface area (Å²) in [7, 11) is 0. The second-order valence-corrected chi connectivity index (χ2v) is 3.64. The molecule has 0 saturated carbocycles. The normalized spacial score (nSPS) is 19.9. The van der Waals surface area contributed by atoms with Crippen LogP contribution in [0.4, 0.5) is 5.82 Å². The molecule has 1 aliphatic rings. The van der Waals surface area contributed by atoms with Crippen LogP contribution in [0.15, 0.2) is 12.1 Å². The summed E-state index contributed by atoms with van der Waals surface area (Å²) >= 11 is 0. The van der Waals surface area contributed by atoms with E-state index >= 15 is 0 Å². The van der Waals surface area contributed by atoms with Gasteiger partial charge in [-0.15, -0.1) is 10.2 Å². The Balaban J connectivity index is 2.08. The fraction of sp³-hybridized carbons (Fsp3) is 0.444. The molecular weight excluding hydrogens is 210 g/mol. The minimum absolute atomic E-state index is 0.215. The predicted molar refractivity (Wildman–Crippen MR) is 56.4 cm³/mol. The minimum atomic E-state index is -0.429. The van der Waals surface area contributed by atoms with Crippen LogP contribution in [0.2, 0.25) is 0 Å². The molecule has 0 aromatic carbocycles. The molecule has 4 N–H and O–H groups in total. The summed E-state index contributed by atoms with van der Waals surface area (Å²) in [5.74, 6) is 5.32. The zero-order valence-electron chi connectivity index (χ0n) is 8.63. The quantitative estimate of drug-likeness (QED) is 0.437. The SMILES string of the molecule is NNc1ccc(C(=O)N2CCC(O)C2)nn1. The Kier molecular flexibility index (Phi) is 2.97. The molecule has 1 fully saturated rings. The monoisotopic (exact) mass is 223 g/mol. The molecule has 1 unspecified atom stereocenters. The van der Waals surface area contributed by atoms with Gasteiger partial charge in [-0.25, -0.2) is 5.84 Å². The van der Waals surface area contributed by atoms with Crippen molar-refractivity contribution in [1.29, 1.82) is 0 Å². The Hall–Kier alpha value is -1.73.